The van der Waals surface area contributed by atoms with Crippen molar-refractivity contribution in [3.8, 4) is 5.69 Å². The van der Waals surface area contributed by atoms with Crippen LogP contribution in [0.25, 0.3) is 16.7 Å². The van der Waals surface area contributed by atoms with E-state index in [1.807, 2.05) is 19.1 Å². The summed E-state index contributed by atoms with van der Waals surface area (Å²) in [6, 6.07) is 6.17. The number of nitrogens with one attached hydrogen (secondary N) is 1. The Morgan fingerprint density at radius 1 is 1.12 bits per heavy atom. The van der Waals surface area contributed by atoms with Crippen molar-refractivity contribution < 1.29 is 0 Å². The first-order valence-corrected chi connectivity index (χ1v) is 8.52. The molecular formula is C18H22N6O. The Kier molecular flexibility index (Phi) is 3.80. The van der Waals surface area contributed by atoms with E-state index in [0.29, 0.717) is 17.0 Å². The number of aromatic amines is 1. The number of benzene rings is 1. The molecular weight excluding hydrogens is 316 g/mol. The van der Waals surface area contributed by atoms with Crippen LogP contribution in [-0.2, 0) is 0 Å². The van der Waals surface area contributed by atoms with Crippen LogP contribution in [-0.4, -0.2) is 57.9 Å². The zero-order chi connectivity index (χ0) is 17.6. The molecule has 0 bridgehead atoms. The summed E-state index contributed by atoms with van der Waals surface area (Å²) in [5.74, 6) is 0.608. The first-order chi connectivity index (χ1) is 12.0. The lowest BCUT2D eigenvalue weighted by atomic mass is 10.1. The van der Waals surface area contributed by atoms with Gasteiger partial charge < -0.3 is 9.80 Å². The molecule has 25 heavy (non-hydrogen) atoms. The van der Waals surface area contributed by atoms with Crippen molar-refractivity contribution in [1.82, 2.24) is 24.6 Å². The van der Waals surface area contributed by atoms with Gasteiger partial charge in [-0.3, -0.25) is 9.78 Å². The van der Waals surface area contributed by atoms with Gasteiger partial charge in [0.15, 0.2) is 5.65 Å². The summed E-state index contributed by atoms with van der Waals surface area (Å²) in [6.45, 7) is 7.72. The van der Waals surface area contributed by atoms with Crippen molar-refractivity contribution in [3.05, 3.63) is 45.9 Å². The Morgan fingerprint density at radius 2 is 1.88 bits per heavy atom. The predicted octanol–water partition coefficient (Wildman–Crippen LogP) is 1.48. The zero-order valence-electron chi connectivity index (χ0n) is 14.8. The number of likely N-dealkylation sites (N-methyl/N-ethyl adjacent to an activating group) is 1. The molecule has 7 heteroatoms. The molecule has 130 valence electrons. The van der Waals surface area contributed by atoms with Gasteiger partial charge in [-0.1, -0.05) is 17.7 Å². The van der Waals surface area contributed by atoms with Crippen molar-refractivity contribution in [1.29, 1.82) is 0 Å². The minimum Gasteiger partial charge on any atom is -0.340 e. The predicted molar refractivity (Wildman–Crippen MR) is 98.7 cm³/mol. The van der Waals surface area contributed by atoms with Gasteiger partial charge in [0.1, 0.15) is 5.39 Å². The summed E-state index contributed by atoms with van der Waals surface area (Å²) < 4.78 is 1.75. The number of anilines is 1. The number of hydrogen-bond donors (Lipinski definition) is 1. The van der Waals surface area contributed by atoms with Gasteiger partial charge in [-0.15, -0.1) is 5.10 Å². The summed E-state index contributed by atoms with van der Waals surface area (Å²) in [4.78, 5) is 24.4. The summed E-state index contributed by atoms with van der Waals surface area (Å²) in [5.41, 5.74) is 3.62. The molecule has 3 heterocycles. The lowest BCUT2D eigenvalue weighted by Gasteiger charge is -2.32. The van der Waals surface area contributed by atoms with Gasteiger partial charge in [0, 0.05) is 32.4 Å². The Labute approximate surface area is 145 Å². The molecule has 1 aliphatic rings. The van der Waals surface area contributed by atoms with Gasteiger partial charge in [0.25, 0.3) is 5.56 Å². The molecule has 1 saturated heterocycles. The summed E-state index contributed by atoms with van der Waals surface area (Å²) >= 11 is 0. The van der Waals surface area contributed by atoms with E-state index >= 15 is 0 Å². The highest BCUT2D eigenvalue weighted by atomic mass is 16.1. The minimum absolute atomic E-state index is 0.144. The van der Waals surface area contributed by atoms with Crippen LogP contribution < -0.4 is 10.5 Å². The minimum atomic E-state index is -0.144. The topological polar surface area (TPSA) is 70.1 Å². The van der Waals surface area contributed by atoms with Gasteiger partial charge in [0.2, 0.25) is 5.95 Å². The van der Waals surface area contributed by atoms with Crippen molar-refractivity contribution in [2.45, 2.75) is 13.8 Å². The van der Waals surface area contributed by atoms with E-state index in [-0.39, 0.29) is 5.56 Å². The molecule has 1 aliphatic heterocycles. The van der Waals surface area contributed by atoms with Gasteiger partial charge in [0.05, 0.1) is 5.69 Å². The second-order valence-electron chi connectivity index (χ2n) is 6.78. The number of piperazine rings is 1. The zero-order valence-corrected chi connectivity index (χ0v) is 14.8. The Hall–Kier alpha value is -2.67. The van der Waals surface area contributed by atoms with E-state index in [0.717, 1.165) is 37.4 Å². The maximum atomic E-state index is 12.5. The molecule has 0 spiro atoms. The molecule has 1 N–H and O–H groups in total. The third kappa shape index (κ3) is 2.91. The highest BCUT2D eigenvalue weighted by molar-refractivity contribution is 5.74. The third-order valence-corrected chi connectivity index (χ3v) is 4.78. The summed E-state index contributed by atoms with van der Waals surface area (Å²) in [7, 11) is 2.10. The standard InChI is InChI=1S/C18H22N6O/c1-12-4-5-15(13(2)10-12)24-11-14-16(21-24)19-18(20-17(14)25)23-8-6-22(3)7-9-23/h4-5,10-11H,6-9H2,1-3H3,(H,19,20,21,25). The maximum Gasteiger partial charge on any atom is 0.263 e. The monoisotopic (exact) mass is 338 g/mol. The average Bonchev–Trinajstić information content (AvgIpc) is 3.00. The van der Waals surface area contributed by atoms with Crippen LogP contribution in [0.4, 0.5) is 5.95 Å². The summed E-state index contributed by atoms with van der Waals surface area (Å²) in [5, 5.41) is 5.07. The number of H-pyrrole nitrogens is 1. The number of hydrogen-bond acceptors (Lipinski definition) is 5. The smallest absolute Gasteiger partial charge is 0.263 e. The number of aryl methyl sites for hydroxylation is 2. The van der Waals surface area contributed by atoms with E-state index in [1.165, 1.54) is 5.56 Å². The van der Waals surface area contributed by atoms with Crippen molar-refractivity contribution in [2.75, 3.05) is 38.1 Å². The maximum absolute atomic E-state index is 12.5. The van der Waals surface area contributed by atoms with Crippen LogP contribution in [0.1, 0.15) is 11.1 Å². The first-order valence-electron chi connectivity index (χ1n) is 8.52. The Bertz CT molecular complexity index is 981. The van der Waals surface area contributed by atoms with Crippen LogP contribution in [0.15, 0.2) is 29.2 Å². The molecule has 0 unspecified atom stereocenters. The molecule has 2 aromatic heterocycles. The SMILES string of the molecule is Cc1ccc(-n2cc3c(=O)[nH]c(N4CCN(C)CC4)nc3n2)c(C)c1. The third-order valence-electron chi connectivity index (χ3n) is 4.78. The lowest BCUT2D eigenvalue weighted by Crippen LogP contribution is -2.45. The lowest BCUT2D eigenvalue weighted by molar-refractivity contribution is 0.311. The Morgan fingerprint density at radius 3 is 2.60 bits per heavy atom. The molecule has 4 rings (SSSR count). The quantitative estimate of drug-likeness (QED) is 0.766. The van der Waals surface area contributed by atoms with E-state index in [2.05, 4.69) is 44.9 Å². The highest BCUT2D eigenvalue weighted by Gasteiger charge is 2.18. The normalized spacial score (nSPS) is 15.9. The van der Waals surface area contributed by atoms with Crippen LogP contribution in [0.3, 0.4) is 0 Å². The first kappa shape index (κ1) is 15.8. The molecule has 0 amide bonds. The molecule has 3 aromatic rings. The Balaban J connectivity index is 1.75. The van der Waals surface area contributed by atoms with Crippen LogP contribution in [0.5, 0.6) is 0 Å². The van der Waals surface area contributed by atoms with Crippen LogP contribution in [0.2, 0.25) is 0 Å². The van der Waals surface area contributed by atoms with E-state index in [9.17, 15) is 4.79 Å². The molecule has 0 atom stereocenters. The fraction of sp³-hybridized carbons (Fsp3) is 0.389. The number of aromatic nitrogens is 4. The number of rotatable bonds is 2. The van der Waals surface area contributed by atoms with Crippen LogP contribution in [0, 0.1) is 13.8 Å². The fourth-order valence-corrected chi connectivity index (χ4v) is 3.26. The molecule has 7 nitrogen and oxygen atoms in total. The van der Waals surface area contributed by atoms with Crippen LogP contribution >= 0.6 is 0 Å². The van der Waals surface area contributed by atoms with Gasteiger partial charge >= 0.3 is 0 Å². The van der Waals surface area contributed by atoms with Crippen molar-refractivity contribution in [2.24, 2.45) is 0 Å². The van der Waals surface area contributed by atoms with Crippen molar-refractivity contribution in [3.63, 3.8) is 0 Å². The van der Waals surface area contributed by atoms with Gasteiger partial charge in [-0.2, -0.15) is 4.98 Å². The van der Waals surface area contributed by atoms with Crippen molar-refractivity contribution >= 4 is 17.0 Å². The summed E-state index contributed by atoms with van der Waals surface area (Å²) in [6.07, 6.45) is 1.76. The molecule has 1 aromatic carbocycles. The molecule has 0 radical (unpaired) electrons. The van der Waals surface area contributed by atoms with E-state index < -0.39 is 0 Å². The average molecular weight is 338 g/mol. The number of nitrogens with zero attached hydrogens (tertiary/aromatic N) is 5. The fourth-order valence-electron chi connectivity index (χ4n) is 3.26. The largest absolute Gasteiger partial charge is 0.340 e. The molecule has 1 fully saturated rings. The second-order valence-corrected chi connectivity index (χ2v) is 6.78. The van der Waals surface area contributed by atoms with Gasteiger partial charge in [-0.25, -0.2) is 4.68 Å². The molecule has 0 saturated carbocycles. The highest BCUT2D eigenvalue weighted by Crippen LogP contribution is 2.18. The van der Waals surface area contributed by atoms with E-state index in [4.69, 9.17) is 0 Å². The molecule has 0 aliphatic carbocycles. The van der Waals surface area contributed by atoms with E-state index in [1.54, 1.807) is 10.9 Å². The number of fused-ring (bicyclic) bond motifs is 1. The van der Waals surface area contributed by atoms with Gasteiger partial charge in [-0.05, 0) is 32.5 Å². The second kappa shape index (κ2) is 6.00.